The van der Waals surface area contributed by atoms with E-state index in [0.29, 0.717) is 12.8 Å². The molecule has 0 aliphatic rings. The van der Waals surface area contributed by atoms with Crippen LogP contribution in [0.25, 0.3) is 0 Å². The lowest BCUT2D eigenvalue weighted by Crippen LogP contribution is -2.30. The second-order valence-electron chi connectivity index (χ2n) is 11.4. The molecule has 0 spiro atoms. The topological polar surface area (TPSA) is 78.9 Å². The molecule has 0 saturated heterocycles. The highest BCUT2D eigenvalue weighted by atomic mass is 16.6. The molecule has 1 unspecified atom stereocenters. The number of hydrogen-bond donors (Lipinski definition) is 0. The van der Waals surface area contributed by atoms with Gasteiger partial charge in [0.25, 0.3) is 0 Å². The summed E-state index contributed by atoms with van der Waals surface area (Å²) in [6.45, 7) is 6.15. The van der Waals surface area contributed by atoms with Crippen LogP contribution in [0.2, 0.25) is 0 Å². The van der Waals surface area contributed by atoms with Gasteiger partial charge in [0.15, 0.2) is 6.10 Å². The van der Waals surface area contributed by atoms with Gasteiger partial charge in [0, 0.05) is 12.8 Å². The normalized spacial score (nSPS) is 12.8. The number of carbonyl (C=O) groups is 3. The van der Waals surface area contributed by atoms with Gasteiger partial charge >= 0.3 is 17.9 Å². The van der Waals surface area contributed by atoms with E-state index in [9.17, 15) is 14.4 Å². The fourth-order valence-corrected chi connectivity index (χ4v) is 4.28. The van der Waals surface area contributed by atoms with Crippen LogP contribution in [0.4, 0.5) is 0 Å². The summed E-state index contributed by atoms with van der Waals surface area (Å²) in [5, 5.41) is 0. The zero-order valence-corrected chi connectivity index (χ0v) is 29.3. The van der Waals surface area contributed by atoms with Crippen LogP contribution in [-0.2, 0) is 28.6 Å². The summed E-state index contributed by atoms with van der Waals surface area (Å²) in [7, 11) is 0. The second kappa shape index (κ2) is 34.7. The fraction of sp³-hybridized carbons (Fsp3) is 0.625. The largest absolute Gasteiger partial charge is 0.462 e. The second-order valence-corrected chi connectivity index (χ2v) is 11.4. The van der Waals surface area contributed by atoms with Crippen molar-refractivity contribution in [1.29, 1.82) is 0 Å². The average molecular weight is 641 g/mol. The lowest BCUT2D eigenvalue weighted by Gasteiger charge is -2.18. The molecule has 0 aromatic rings. The average Bonchev–Trinajstić information content (AvgIpc) is 3.05. The van der Waals surface area contributed by atoms with Crippen molar-refractivity contribution in [3.05, 3.63) is 72.9 Å². The van der Waals surface area contributed by atoms with Crippen molar-refractivity contribution in [2.75, 3.05) is 13.2 Å². The minimum Gasteiger partial charge on any atom is -0.462 e. The molecule has 0 radical (unpaired) electrons. The van der Waals surface area contributed by atoms with Crippen LogP contribution in [-0.4, -0.2) is 37.2 Å². The van der Waals surface area contributed by atoms with Crippen LogP contribution in [0.1, 0.15) is 143 Å². The van der Waals surface area contributed by atoms with E-state index in [1.165, 1.54) is 12.8 Å². The number of ether oxygens (including phenoxy) is 3. The lowest BCUT2D eigenvalue weighted by molar-refractivity contribution is -0.166. The van der Waals surface area contributed by atoms with Crippen molar-refractivity contribution >= 4 is 17.9 Å². The molecule has 1 atom stereocenters. The van der Waals surface area contributed by atoms with E-state index in [2.05, 4.69) is 81.5 Å². The predicted octanol–water partition coefficient (Wildman–Crippen LogP) is 10.8. The Hall–Kier alpha value is -3.15. The molecule has 0 aliphatic heterocycles. The van der Waals surface area contributed by atoms with Gasteiger partial charge in [-0.05, 0) is 77.0 Å². The smallest absolute Gasteiger partial charge is 0.310 e. The fourth-order valence-electron chi connectivity index (χ4n) is 4.28. The summed E-state index contributed by atoms with van der Waals surface area (Å²) < 4.78 is 16.3. The summed E-state index contributed by atoms with van der Waals surface area (Å²) in [5.74, 6) is -1.12. The summed E-state index contributed by atoms with van der Waals surface area (Å²) in [5.41, 5.74) is 0. The first kappa shape index (κ1) is 42.9. The number of esters is 3. The molecule has 0 heterocycles. The van der Waals surface area contributed by atoms with Gasteiger partial charge in [-0.2, -0.15) is 0 Å². The van der Waals surface area contributed by atoms with Crippen LogP contribution >= 0.6 is 0 Å². The van der Waals surface area contributed by atoms with Crippen molar-refractivity contribution in [1.82, 2.24) is 0 Å². The molecule has 0 saturated carbocycles. The van der Waals surface area contributed by atoms with Gasteiger partial charge in [0.1, 0.15) is 13.2 Å². The van der Waals surface area contributed by atoms with E-state index in [4.69, 9.17) is 14.2 Å². The minimum absolute atomic E-state index is 0.0948. The van der Waals surface area contributed by atoms with Gasteiger partial charge in [-0.3, -0.25) is 14.4 Å². The highest BCUT2D eigenvalue weighted by molar-refractivity contribution is 5.72. The van der Waals surface area contributed by atoms with Crippen LogP contribution < -0.4 is 0 Å². The third kappa shape index (κ3) is 32.2. The van der Waals surface area contributed by atoms with Crippen LogP contribution in [0.5, 0.6) is 0 Å². The maximum atomic E-state index is 12.5. The van der Waals surface area contributed by atoms with E-state index < -0.39 is 12.1 Å². The number of carbonyl (C=O) groups excluding carboxylic acids is 3. The first-order valence-corrected chi connectivity index (χ1v) is 17.9. The first-order chi connectivity index (χ1) is 22.5. The van der Waals surface area contributed by atoms with Crippen LogP contribution in [0, 0.1) is 0 Å². The number of rotatable bonds is 30. The third-order valence-electron chi connectivity index (χ3n) is 6.96. The maximum Gasteiger partial charge on any atom is 0.310 e. The Kier molecular flexibility index (Phi) is 32.3. The van der Waals surface area contributed by atoms with Gasteiger partial charge in [0.2, 0.25) is 0 Å². The molecular formula is C40H64O6. The van der Waals surface area contributed by atoms with Gasteiger partial charge in [-0.15, -0.1) is 0 Å². The SMILES string of the molecule is CC/C=C\C/C=C\C/C=C\CC(=O)OC(COC(=O)CCCC/C=C\C/C=C\CC)COC(=O)CCCCCC/C=C\CCCC. The van der Waals surface area contributed by atoms with Gasteiger partial charge < -0.3 is 14.2 Å². The minimum atomic E-state index is -0.836. The standard InChI is InChI=1S/C40H64O6/c1-4-7-10-13-16-19-22-24-27-30-33-39(42)45-36-37(46-40(43)34-31-28-25-21-18-15-12-9-6-3)35-44-38(41)32-29-26-23-20-17-14-11-8-5-2/h8-9,11-13,16-18,20-21,28,31,37H,4-7,10,14-15,19,22-27,29-30,32-36H2,1-3H3/b11-8-,12-9-,16-13-,20-17-,21-18-,31-28-. The molecule has 0 aliphatic carbocycles. The van der Waals surface area contributed by atoms with E-state index >= 15 is 0 Å². The number of unbranched alkanes of at least 4 members (excludes halogenated alkanes) is 8. The van der Waals surface area contributed by atoms with Crippen molar-refractivity contribution in [3.8, 4) is 0 Å². The summed E-state index contributed by atoms with van der Waals surface area (Å²) in [6, 6.07) is 0. The molecule has 6 heteroatoms. The molecule has 0 fully saturated rings. The summed E-state index contributed by atoms with van der Waals surface area (Å²) >= 11 is 0. The molecule has 46 heavy (non-hydrogen) atoms. The van der Waals surface area contributed by atoms with Crippen molar-refractivity contribution < 1.29 is 28.6 Å². The first-order valence-electron chi connectivity index (χ1n) is 17.9. The molecule has 0 rings (SSSR count). The lowest BCUT2D eigenvalue weighted by atomic mass is 10.1. The highest BCUT2D eigenvalue weighted by Gasteiger charge is 2.19. The monoisotopic (exact) mass is 640 g/mol. The summed E-state index contributed by atoms with van der Waals surface area (Å²) in [4.78, 5) is 37.2. The molecular weight excluding hydrogens is 576 g/mol. The molecule has 0 aromatic carbocycles. The molecule has 0 bridgehead atoms. The highest BCUT2D eigenvalue weighted by Crippen LogP contribution is 2.09. The molecule has 0 amide bonds. The van der Waals surface area contributed by atoms with Crippen molar-refractivity contribution in [2.24, 2.45) is 0 Å². The molecule has 0 aromatic heterocycles. The Balaban J connectivity index is 4.56. The van der Waals surface area contributed by atoms with Crippen LogP contribution in [0.3, 0.4) is 0 Å². The van der Waals surface area contributed by atoms with Gasteiger partial charge in [-0.1, -0.05) is 119 Å². The Morgan fingerprint density at radius 2 is 0.913 bits per heavy atom. The van der Waals surface area contributed by atoms with Crippen molar-refractivity contribution in [2.45, 2.75) is 149 Å². The Bertz CT molecular complexity index is 924. The Morgan fingerprint density at radius 3 is 1.48 bits per heavy atom. The van der Waals surface area contributed by atoms with Crippen LogP contribution in [0.15, 0.2) is 72.9 Å². The Labute approximate surface area is 281 Å². The Morgan fingerprint density at radius 1 is 0.478 bits per heavy atom. The van der Waals surface area contributed by atoms with E-state index in [-0.39, 0.29) is 31.6 Å². The van der Waals surface area contributed by atoms with Gasteiger partial charge in [0.05, 0.1) is 6.42 Å². The molecule has 260 valence electrons. The van der Waals surface area contributed by atoms with E-state index in [1.54, 1.807) is 6.08 Å². The quantitative estimate of drug-likeness (QED) is 0.0336. The zero-order chi connectivity index (χ0) is 33.8. The maximum absolute atomic E-state index is 12.5. The zero-order valence-electron chi connectivity index (χ0n) is 29.3. The predicted molar refractivity (Wildman–Crippen MR) is 191 cm³/mol. The summed E-state index contributed by atoms with van der Waals surface area (Å²) in [6.07, 6.45) is 40.8. The third-order valence-corrected chi connectivity index (χ3v) is 6.96. The number of hydrogen-bond acceptors (Lipinski definition) is 6. The molecule has 6 nitrogen and oxygen atoms in total. The van der Waals surface area contributed by atoms with Crippen molar-refractivity contribution in [3.63, 3.8) is 0 Å². The number of allylic oxidation sites excluding steroid dienone is 11. The van der Waals surface area contributed by atoms with Gasteiger partial charge in [-0.25, -0.2) is 0 Å². The molecule has 0 N–H and O–H groups in total. The van der Waals surface area contributed by atoms with E-state index in [0.717, 1.165) is 89.9 Å². The van der Waals surface area contributed by atoms with E-state index in [1.807, 2.05) is 6.08 Å².